The normalized spacial score (nSPS) is 14.5. The highest BCUT2D eigenvalue weighted by Crippen LogP contribution is 2.33. The number of rotatable bonds is 7. The van der Waals surface area contributed by atoms with Gasteiger partial charge in [0, 0.05) is 25.2 Å². The summed E-state index contributed by atoms with van der Waals surface area (Å²) in [4.78, 5) is 26.8. The number of benzene rings is 3. The fraction of sp³-hybridized carbons (Fsp3) is 0.231. The Morgan fingerprint density at radius 3 is 2.45 bits per heavy atom. The molecule has 1 saturated heterocycles. The van der Waals surface area contributed by atoms with Gasteiger partial charge >= 0.3 is 0 Å². The molecule has 0 atom stereocenters. The van der Waals surface area contributed by atoms with E-state index in [1.54, 1.807) is 23.1 Å². The van der Waals surface area contributed by atoms with Crippen molar-refractivity contribution in [2.75, 3.05) is 19.9 Å². The molecule has 7 heteroatoms. The number of amides is 2. The molecule has 0 spiro atoms. The Balaban J connectivity index is 1.06. The van der Waals surface area contributed by atoms with Crippen LogP contribution in [-0.4, -0.2) is 36.6 Å². The zero-order valence-electron chi connectivity index (χ0n) is 18.0. The van der Waals surface area contributed by atoms with Crippen LogP contribution in [0, 0.1) is 5.92 Å². The van der Waals surface area contributed by atoms with Crippen molar-refractivity contribution in [3.05, 3.63) is 89.5 Å². The summed E-state index contributed by atoms with van der Waals surface area (Å²) >= 11 is 0. The van der Waals surface area contributed by atoms with E-state index in [9.17, 15) is 9.59 Å². The topological polar surface area (TPSA) is 77.1 Å². The lowest BCUT2D eigenvalue weighted by Crippen LogP contribution is -2.55. The molecule has 0 aromatic heterocycles. The van der Waals surface area contributed by atoms with E-state index in [1.165, 1.54) is 0 Å². The first-order valence-electron chi connectivity index (χ1n) is 10.9. The van der Waals surface area contributed by atoms with Gasteiger partial charge in [-0.2, -0.15) is 0 Å². The third kappa shape index (κ3) is 4.77. The van der Waals surface area contributed by atoms with Crippen LogP contribution in [-0.2, 0) is 17.9 Å². The summed E-state index contributed by atoms with van der Waals surface area (Å²) in [5.41, 5.74) is 2.64. The molecule has 0 bridgehead atoms. The summed E-state index contributed by atoms with van der Waals surface area (Å²) < 4.78 is 16.4. The maximum atomic E-state index is 12.6. The molecule has 0 radical (unpaired) electrons. The highest BCUT2D eigenvalue weighted by Gasteiger charge is 2.36. The highest BCUT2D eigenvalue weighted by atomic mass is 16.7. The largest absolute Gasteiger partial charge is 0.489 e. The molecular weight excluding hydrogens is 420 g/mol. The third-order valence-electron chi connectivity index (χ3n) is 5.80. The first kappa shape index (κ1) is 20.9. The van der Waals surface area contributed by atoms with Crippen LogP contribution in [0.25, 0.3) is 0 Å². The minimum absolute atomic E-state index is 0.0471. The van der Waals surface area contributed by atoms with Gasteiger partial charge in [-0.05, 0) is 41.5 Å². The van der Waals surface area contributed by atoms with Crippen molar-refractivity contribution in [1.82, 2.24) is 10.2 Å². The van der Waals surface area contributed by atoms with Crippen LogP contribution in [0.1, 0.15) is 21.5 Å². The first-order valence-corrected chi connectivity index (χ1v) is 10.9. The van der Waals surface area contributed by atoms with Crippen molar-refractivity contribution in [2.24, 2.45) is 5.92 Å². The first-order chi connectivity index (χ1) is 16.2. The summed E-state index contributed by atoms with van der Waals surface area (Å²) in [6, 6.07) is 22.8. The lowest BCUT2D eigenvalue weighted by Gasteiger charge is -2.38. The van der Waals surface area contributed by atoms with Crippen LogP contribution in [0.4, 0.5) is 0 Å². The van der Waals surface area contributed by atoms with Gasteiger partial charge in [0.25, 0.3) is 5.91 Å². The van der Waals surface area contributed by atoms with E-state index in [4.69, 9.17) is 14.2 Å². The molecule has 2 amide bonds. The Hall–Kier alpha value is -4.00. The Kier molecular flexibility index (Phi) is 5.85. The van der Waals surface area contributed by atoms with Crippen molar-refractivity contribution < 1.29 is 23.8 Å². The van der Waals surface area contributed by atoms with Gasteiger partial charge in [-0.3, -0.25) is 9.59 Å². The molecular formula is C26H24N2O5. The van der Waals surface area contributed by atoms with E-state index in [0.717, 1.165) is 16.9 Å². The Morgan fingerprint density at radius 1 is 0.909 bits per heavy atom. The van der Waals surface area contributed by atoms with Gasteiger partial charge < -0.3 is 24.4 Å². The van der Waals surface area contributed by atoms with E-state index >= 15 is 0 Å². The Bertz CT molecular complexity index is 1140. The van der Waals surface area contributed by atoms with Crippen LogP contribution in [0.5, 0.6) is 17.2 Å². The van der Waals surface area contributed by atoms with Gasteiger partial charge in [-0.25, -0.2) is 0 Å². The van der Waals surface area contributed by atoms with Crippen LogP contribution in [0.2, 0.25) is 0 Å². The number of ether oxygens (including phenoxy) is 3. The van der Waals surface area contributed by atoms with Crippen molar-refractivity contribution in [2.45, 2.75) is 13.2 Å². The summed E-state index contributed by atoms with van der Waals surface area (Å²) in [6.45, 7) is 1.93. The molecule has 1 fully saturated rings. The van der Waals surface area contributed by atoms with Crippen LogP contribution in [0.15, 0.2) is 72.8 Å². The lowest BCUT2D eigenvalue weighted by atomic mass is 9.97. The molecule has 0 unspecified atom stereocenters. The monoisotopic (exact) mass is 444 g/mol. The maximum absolute atomic E-state index is 12.6. The zero-order chi connectivity index (χ0) is 22.6. The number of fused-ring (bicyclic) bond motifs is 1. The number of likely N-dealkylation sites (tertiary alicyclic amines) is 1. The Labute approximate surface area is 191 Å². The molecule has 33 heavy (non-hydrogen) atoms. The fourth-order valence-electron chi connectivity index (χ4n) is 3.80. The second kappa shape index (κ2) is 9.24. The van der Waals surface area contributed by atoms with Crippen molar-refractivity contribution in [3.8, 4) is 17.2 Å². The molecule has 2 aliphatic rings. The summed E-state index contributed by atoms with van der Waals surface area (Å²) in [5, 5.41) is 2.96. The standard InChI is InChI=1S/C26H24N2O5/c29-25(21-14-28(15-21)26(30)20-8-11-23-24(12-20)33-17-32-23)27-13-18-6-9-22(10-7-18)31-16-19-4-2-1-3-5-19/h1-12,21H,13-17H2,(H,27,29). The lowest BCUT2D eigenvalue weighted by molar-refractivity contribution is -0.129. The molecule has 0 saturated carbocycles. The minimum atomic E-state index is -0.198. The summed E-state index contributed by atoms with van der Waals surface area (Å²) in [6.07, 6.45) is 0. The van der Waals surface area contributed by atoms with Crippen molar-refractivity contribution in [1.29, 1.82) is 0 Å². The number of hydrogen-bond acceptors (Lipinski definition) is 5. The number of nitrogens with zero attached hydrogens (tertiary/aromatic N) is 1. The average Bonchev–Trinajstić information content (AvgIpc) is 3.30. The predicted molar refractivity (Wildman–Crippen MR) is 121 cm³/mol. The molecule has 5 rings (SSSR count). The van der Waals surface area contributed by atoms with Gasteiger partial charge in [-0.1, -0.05) is 42.5 Å². The van der Waals surface area contributed by atoms with Gasteiger partial charge in [0.05, 0.1) is 5.92 Å². The van der Waals surface area contributed by atoms with Crippen LogP contribution in [0.3, 0.4) is 0 Å². The van der Waals surface area contributed by atoms with E-state index in [0.29, 0.717) is 43.3 Å². The molecule has 3 aromatic carbocycles. The predicted octanol–water partition coefficient (Wildman–Crippen LogP) is 3.38. The summed E-state index contributed by atoms with van der Waals surface area (Å²) in [5.74, 6) is 1.65. The average molecular weight is 444 g/mol. The molecule has 2 heterocycles. The van der Waals surface area contributed by atoms with E-state index in [2.05, 4.69) is 5.32 Å². The molecule has 7 nitrogen and oxygen atoms in total. The van der Waals surface area contributed by atoms with Crippen molar-refractivity contribution in [3.63, 3.8) is 0 Å². The van der Waals surface area contributed by atoms with Gasteiger partial charge in [0.1, 0.15) is 12.4 Å². The second-order valence-electron chi connectivity index (χ2n) is 8.11. The smallest absolute Gasteiger partial charge is 0.254 e. The second-order valence-corrected chi connectivity index (χ2v) is 8.11. The van der Waals surface area contributed by atoms with E-state index < -0.39 is 0 Å². The van der Waals surface area contributed by atoms with E-state index in [1.807, 2.05) is 54.6 Å². The number of hydrogen-bond donors (Lipinski definition) is 1. The van der Waals surface area contributed by atoms with Gasteiger partial charge in [0.2, 0.25) is 12.7 Å². The molecule has 2 aliphatic heterocycles. The van der Waals surface area contributed by atoms with Crippen LogP contribution >= 0.6 is 0 Å². The number of carbonyl (C=O) groups excluding carboxylic acids is 2. The number of carbonyl (C=O) groups is 2. The maximum Gasteiger partial charge on any atom is 0.254 e. The minimum Gasteiger partial charge on any atom is -0.489 e. The molecule has 3 aromatic rings. The fourth-order valence-corrected chi connectivity index (χ4v) is 3.80. The Morgan fingerprint density at radius 2 is 1.67 bits per heavy atom. The van der Waals surface area contributed by atoms with Gasteiger partial charge in [0.15, 0.2) is 11.5 Å². The summed E-state index contributed by atoms with van der Waals surface area (Å²) in [7, 11) is 0. The molecule has 168 valence electrons. The SMILES string of the molecule is O=C(NCc1ccc(OCc2ccccc2)cc1)C1CN(C(=O)c2ccc3c(c2)OCO3)C1. The number of nitrogens with one attached hydrogen (secondary N) is 1. The van der Waals surface area contributed by atoms with E-state index in [-0.39, 0.29) is 24.5 Å². The quantitative estimate of drug-likeness (QED) is 0.605. The molecule has 1 N–H and O–H groups in total. The van der Waals surface area contributed by atoms with Crippen molar-refractivity contribution >= 4 is 11.8 Å². The highest BCUT2D eigenvalue weighted by molar-refractivity contribution is 5.96. The zero-order valence-corrected chi connectivity index (χ0v) is 18.0. The van der Waals surface area contributed by atoms with Crippen LogP contribution < -0.4 is 19.5 Å². The van der Waals surface area contributed by atoms with Gasteiger partial charge in [-0.15, -0.1) is 0 Å². The third-order valence-corrected chi connectivity index (χ3v) is 5.80. The molecule has 0 aliphatic carbocycles.